The number of methoxy groups -OCH3 is 2. The molecule has 1 amide bonds. The van der Waals surface area contributed by atoms with Crippen molar-refractivity contribution in [3.05, 3.63) is 18.2 Å². The fourth-order valence-corrected chi connectivity index (χ4v) is 1.70. The van der Waals surface area contributed by atoms with E-state index in [1.165, 1.54) is 0 Å². The van der Waals surface area contributed by atoms with Gasteiger partial charge >= 0.3 is 0 Å². The number of benzene rings is 1. The first kappa shape index (κ1) is 13.7. The fourth-order valence-electron chi connectivity index (χ4n) is 1.31. The van der Waals surface area contributed by atoms with E-state index in [-0.39, 0.29) is 5.91 Å². The molecule has 0 spiro atoms. The van der Waals surface area contributed by atoms with Gasteiger partial charge in [0.15, 0.2) is 0 Å². The highest BCUT2D eigenvalue weighted by atomic mass is 32.2. The van der Waals surface area contributed by atoms with Crippen LogP contribution in [0.1, 0.15) is 6.42 Å². The van der Waals surface area contributed by atoms with Crippen molar-refractivity contribution in [1.29, 1.82) is 0 Å². The number of rotatable bonds is 6. The Morgan fingerprint density at radius 3 is 2.71 bits per heavy atom. The molecule has 94 valence electrons. The molecular formula is C12H17NO3S. The van der Waals surface area contributed by atoms with E-state index in [1.54, 1.807) is 44.2 Å². The Bertz CT molecular complexity index is 382. The van der Waals surface area contributed by atoms with Gasteiger partial charge in [-0.15, -0.1) is 0 Å². The molecule has 0 aromatic heterocycles. The summed E-state index contributed by atoms with van der Waals surface area (Å²) in [5, 5.41) is 2.81. The lowest BCUT2D eigenvalue weighted by Crippen LogP contribution is -2.12. The largest absolute Gasteiger partial charge is 0.497 e. The van der Waals surface area contributed by atoms with Gasteiger partial charge in [-0.05, 0) is 18.4 Å². The maximum absolute atomic E-state index is 11.6. The van der Waals surface area contributed by atoms with Gasteiger partial charge in [-0.2, -0.15) is 11.8 Å². The predicted molar refractivity (Wildman–Crippen MR) is 71.2 cm³/mol. The Labute approximate surface area is 106 Å². The summed E-state index contributed by atoms with van der Waals surface area (Å²) in [6.45, 7) is 0. The predicted octanol–water partition coefficient (Wildman–Crippen LogP) is 2.40. The molecule has 17 heavy (non-hydrogen) atoms. The highest BCUT2D eigenvalue weighted by molar-refractivity contribution is 7.98. The molecule has 0 heterocycles. The highest BCUT2D eigenvalue weighted by Crippen LogP contribution is 2.29. The van der Waals surface area contributed by atoms with Gasteiger partial charge in [0, 0.05) is 18.2 Å². The van der Waals surface area contributed by atoms with Gasteiger partial charge < -0.3 is 14.8 Å². The van der Waals surface area contributed by atoms with E-state index in [1.807, 2.05) is 6.26 Å². The number of hydrogen-bond acceptors (Lipinski definition) is 4. The first-order valence-corrected chi connectivity index (χ1v) is 6.61. The third-order valence-electron chi connectivity index (χ3n) is 2.22. The van der Waals surface area contributed by atoms with Gasteiger partial charge in [-0.3, -0.25) is 4.79 Å². The Morgan fingerprint density at radius 1 is 1.35 bits per heavy atom. The normalized spacial score (nSPS) is 9.82. The summed E-state index contributed by atoms with van der Waals surface area (Å²) < 4.78 is 10.3. The number of hydrogen-bond donors (Lipinski definition) is 1. The minimum Gasteiger partial charge on any atom is -0.497 e. The zero-order chi connectivity index (χ0) is 12.7. The third kappa shape index (κ3) is 4.19. The third-order valence-corrected chi connectivity index (χ3v) is 2.83. The van der Waals surface area contributed by atoms with Crippen LogP contribution >= 0.6 is 11.8 Å². The van der Waals surface area contributed by atoms with Crippen molar-refractivity contribution in [2.45, 2.75) is 6.42 Å². The van der Waals surface area contributed by atoms with Crippen molar-refractivity contribution >= 4 is 23.4 Å². The van der Waals surface area contributed by atoms with Crippen molar-refractivity contribution in [1.82, 2.24) is 0 Å². The van der Waals surface area contributed by atoms with Crippen molar-refractivity contribution < 1.29 is 14.3 Å². The zero-order valence-electron chi connectivity index (χ0n) is 10.3. The van der Waals surface area contributed by atoms with Crippen LogP contribution in [-0.2, 0) is 4.79 Å². The number of nitrogens with one attached hydrogen (secondary N) is 1. The molecule has 1 aromatic carbocycles. The minimum atomic E-state index is -0.0113. The monoisotopic (exact) mass is 255 g/mol. The van der Waals surface area contributed by atoms with Gasteiger partial charge in [0.1, 0.15) is 11.5 Å². The number of amides is 1. The number of carbonyl (C=O) groups is 1. The maximum atomic E-state index is 11.6. The molecule has 1 aromatic rings. The number of carbonyl (C=O) groups excluding carboxylic acids is 1. The van der Waals surface area contributed by atoms with Gasteiger partial charge in [0.05, 0.1) is 19.9 Å². The topological polar surface area (TPSA) is 47.6 Å². The lowest BCUT2D eigenvalue weighted by Gasteiger charge is -2.11. The van der Waals surface area contributed by atoms with Crippen LogP contribution in [0.3, 0.4) is 0 Å². The summed E-state index contributed by atoms with van der Waals surface area (Å²) in [6.07, 6.45) is 2.47. The summed E-state index contributed by atoms with van der Waals surface area (Å²) in [7, 11) is 3.15. The summed E-state index contributed by atoms with van der Waals surface area (Å²) >= 11 is 1.64. The maximum Gasteiger partial charge on any atom is 0.225 e. The molecular weight excluding hydrogens is 238 g/mol. The molecule has 0 radical (unpaired) electrons. The SMILES string of the molecule is COc1ccc(NC(=O)CCSC)c(OC)c1. The molecule has 1 N–H and O–H groups in total. The Balaban J connectivity index is 2.73. The van der Waals surface area contributed by atoms with Crippen LogP contribution in [0.4, 0.5) is 5.69 Å². The van der Waals surface area contributed by atoms with Crippen LogP contribution in [0.25, 0.3) is 0 Å². The first-order valence-electron chi connectivity index (χ1n) is 5.22. The minimum absolute atomic E-state index is 0.0113. The average Bonchev–Trinajstić information content (AvgIpc) is 2.36. The molecule has 1 rings (SSSR count). The van der Waals surface area contributed by atoms with Crippen LogP contribution in [0, 0.1) is 0 Å². The van der Waals surface area contributed by atoms with E-state index in [2.05, 4.69) is 5.32 Å². The quantitative estimate of drug-likeness (QED) is 0.848. The fraction of sp³-hybridized carbons (Fsp3) is 0.417. The summed E-state index contributed by atoms with van der Waals surface area (Å²) in [4.78, 5) is 11.6. The van der Waals surface area contributed by atoms with Crippen LogP contribution in [0.5, 0.6) is 11.5 Å². The second-order valence-corrected chi connectivity index (χ2v) is 4.34. The highest BCUT2D eigenvalue weighted by Gasteiger charge is 2.08. The van der Waals surface area contributed by atoms with Gasteiger partial charge in [0.2, 0.25) is 5.91 Å². The van der Waals surface area contributed by atoms with E-state index >= 15 is 0 Å². The molecule has 0 saturated carbocycles. The van der Waals surface area contributed by atoms with Gasteiger partial charge in [-0.1, -0.05) is 0 Å². The molecule has 0 atom stereocenters. The molecule has 0 fully saturated rings. The standard InChI is InChI=1S/C12H17NO3S/c1-15-9-4-5-10(11(8-9)16-2)13-12(14)6-7-17-3/h4-5,8H,6-7H2,1-3H3,(H,13,14). The Morgan fingerprint density at radius 2 is 2.12 bits per heavy atom. The smallest absolute Gasteiger partial charge is 0.225 e. The Kier molecular flexibility index (Phi) is 5.69. The number of thioether (sulfide) groups is 1. The van der Waals surface area contributed by atoms with Crippen LogP contribution < -0.4 is 14.8 Å². The Hall–Kier alpha value is -1.36. The van der Waals surface area contributed by atoms with E-state index in [9.17, 15) is 4.79 Å². The molecule has 0 aliphatic carbocycles. The van der Waals surface area contributed by atoms with Crippen molar-refractivity contribution in [2.24, 2.45) is 0 Å². The number of anilines is 1. The second-order valence-electron chi connectivity index (χ2n) is 3.36. The lowest BCUT2D eigenvalue weighted by atomic mass is 10.2. The van der Waals surface area contributed by atoms with Crippen LogP contribution in [0.2, 0.25) is 0 Å². The summed E-state index contributed by atoms with van der Waals surface area (Å²) in [6, 6.07) is 5.30. The molecule has 0 aliphatic heterocycles. The van der Waals surface area contributed by atoms with Crippen molar-refractivity contribution in [3.63, 3.8) is 0 Å². The summed E-state index contributed by atoms with van der Waals surface area (Å²) in [5.74, 6) is 2.10. The number of ether oxygens (including phenoxy) is 2. The summed E-state index contributed by atoms with van der Waals surface area (Å²) in [5.41, 5.74) is 0.666. The molecule has 0 unspecified atom stereocenters. The first-order chi connectivity index (χ1) is 8.21. The van der Waals surface area contributed by atoms with E-state index < -0.39 is 0 Å². The second kappa shape index (κ2) is 7.06. The molecule has 0 bridgehead atoms. The van der Waals surface area contributed by atoms with Gasteiger partial charge in [-0.25, -0.2) is 0 Å². The van der Waals surface area contributed by atoms with Gasteiger partial charge in [0.25, 0.3) is 0 Å². The van der Waals surface area contributed by atoms with E-state index in [4.69, 9.17) is 9.47 Å². The average molecular weight is 255 g/mol. The van der Waals surface area contributed by atoms with E-state index in [0.29, 0.717) is 23.6 Å². The molecule has 5 heteroatoms. The van der Waals surface area contributed by atoms with Crippen LogP contribution in [-0.4, -0.2) is 32.1 Å². The van der Waals surface area contributed by atoms with Crippen LogP contribution in [0.15, 0.2) is 18.2 Å². The molecule has 4 nitrogen and oxygen atoms in total. The molecule has 0 aliphatic rings. The zero-order valence-corrected chi connectivity index (χ0v) is 11.1. The molecule has 0 saturated heterocycles. The van der Waals surface area contributed by atoms with E-state index in [0.717, 1.165) is 5.75 Å². The van der Waals surface area contributed by atoms with Crippen molar-refractivity contribution in [3.8, 4) is 11.5 Å². The lowest BCUT2D eigenvalue weighted by molar-refractivity contribution is -0.115. The van der Waals surface area contributed by atoms with Crippen molar-refractivity contribution in [2.75, 3.05) is 31.5 Å².